The number of hydrogen-bond donors (Lipinski definition) is 3. The van der Waals surface area contributed by atoms with Crippen LogP contribution in [0.3, 0.4) is 0 Å². The fourth-order valence-electron chi connectivity index (χ4n) is 6.28. The Morgan fingerprint density at radius 1 is 1.25 bits per heavy atom. The van der Waals surface area contributed by atoms with Gasteiger partial charge in [-0.25, -0.2) is 0 Å². The van der Waals surface area contributed by atoms with Crippen LogP contribution in [0.5, 0.6) is 5.75 Å². The summed E-state index contributed by atoms with van der Waals surface area (Å²) in [5.74, 6) is 2.84. The van der Waals surface area contributed by atoms with Gasteiger partial charge < -0.3 is 16.2 Å². The Bertz CT molecular complexity index is 602. The van der Waals surface area contributed by atoms with Crippen LogP contribution in [0.1, 0.15) is 62.5 Å². The van der Waals surface area contributed by atoms with Gasteiger partial charge in [0.1, 0.15) is 5.75 Å². The minimum atomic E-state index is 0.429. The summed E-state index contributed by atoms with van der Waals surface area (Å²) >= 11 is 0. The molecule has 1 aromatic carbocycles. The predicted molar refractivity (Wildman–Crippen MR) is 98.2 cm³/mol. The minimum absolute atomic E-state index is 0.429. The number of phenolic OH excluding ortho intramolecular Hbond substituents is 1. The minimum Gasteiger partial charge on any atom is -0.508 e. The molecule has 4 N–H and O–H groups in total. The van der Waals surface area contributed by atoms with Crippen LogP contribution in [0.2, 0.25) is 0 Å². The Kier molecular flexibility index (Phi) is 4.34. The Balaban J connectivity index is 1.54. The topological polar surface area (TPSA) is 58.3 Å². The summed E-state index contributed by atoms with van der Waals surface area (Å²) in [5, 5.41) is 13.6. The van der Waals surface area contributed by atoms with E-state index in [2.05, 4.69) is 18.3 Å². The van der Waals surface area contributed by atoms with E-state index in [-0.39, 0.29) is 0 Å². The van der Waals surface area contributed by atoms with Gasteiger partial charge in [-0.3, -0.25) is 0 Å². The van der Waals surface area contributed by atoms with Crippen molar-refractivity contribution in [1.29, 1.82) is 0 Å². The highest BCUT2D eigenvalue weighted by atomic mass is 16.3. The predicted octanol–water partition coefficient (Wildman–Crippen LogP) is 3.56. The largest absolute Gasteiger partial charge is 0.508 e. The zero-order chi connectivity index (χ0) is 16.7. The lowest BCUT2D eigenvalue weighted by Crippen LogP contribution is -2.49. The molecule has 4 rings (SSSR count). The smallest absolute Gasteiger partial charge is 0.115 e. The normalized spacial score (nSPS) is 37.6. The molecule has 0 aliphatic heterocycles. The molecule has 5 atom stereocenters. The second-order valence-electron chi connectivity index (χ2n) is 8.57. The molecule has 0 bridgehead atoms. The molecule has 3 aliphatic rings. The van der Waals surface area contributed by atoms with Gasteiger partial charge in [-0.05, 0) is 104 Å². The number of benzene rings is 1. The van der Waals surface area contributed by atoms with Gasteiger partial charge >= 0.3 is 0 Å². The van der Waals surface area contributed by atoms with E-state index in [1.165, 1.54) is 43.2 Å². The van der Waals surface area contributed by atoms with Crippen molar-refractivity contribution in [3.05, 3.63) is 29.3 Å². The zero-order valence-electron chi connectivity index (χ0n) is 14.9. The Labute approximate surface area is 146 Å². The van der Waals surface area contributed by atoms with Crippen LogP contribution in [0, 0.1) is 17.3 Å². The number of nitrogens with one attached hydrogen (secondary N) is 1. The maximum Gasteiger partial charge on any atom is 0.115 e. The van der Waals surface area contributed by atoms with E-state index in [1.54, 1.807) is 0 Å². The zero-order valence-corrected chi connectivity index (χ0v) is 14.9. The molecular formula is C21H32N2O. The van der Waals surface area contributed by atoms with Crippen molar-refractivity contribution in [2.24, 2.45) is 23.0 Å². The lowest BCUT2D eigenvalue weighted by atomic mass is 9.55. The highest BCUT2D eigenvalue weighted by molar-refractivity contribution is 5.40. The van der Waals surface area contributed by atoms with Crippen LogP contribution in [0.4, 0.5) is 0 Å². The molecule has 0 heterocycles. The fourth-order valence-corrected chi connectivity index (χ4v) is 6.28. The number of aryl methyl sites for hydroxylation is 1. The summed E-state index contributed by atoms with van der Waals surface area (Å²) in [6.07, 6.45) is 8.88. The monoisotopic (exact) mass is 328 g/mol. The van der Waals surface area contributed by atoms with Gasteiger partial charge in [-0.2, -0.15) is 0 Å². The third-order valence-corrected chi connectivity index (χ3v) is 7.48. The summed E-state index contributed by atoms with van der Waals surface area (Å²) in [7, 11) is 0. The number of phenols is 1. The molecule has 2 saturated carbocycles. The first-order valence-electron chi connectivity index (χ1n) is 9.88. The van der Waals surface area contributed by atoms with E-state index in [0.29, 0.717) is 17.2 Å². The first-order chi connectivity index (χ1) is 11.6. The van der Waals surface area contributed by atoms with Crippen molar-refractivity contribution in [3.8, 4) is 5.75 Å². The van der Waals surface area contributed by atoms with E-state index in [0.717, 1.165) is 43.7 Å². The van der Waals surface area contributed by atoms with Crippen LogP contribution < -0.4 is 11.1 Å². The fraction of sp³-hybridized carbons (Fsp3) is 0.714. The average molecular weight is 329 g/mol. The molecule has 3 nitrogen and oxygen atoms in total. The number of aromatic hydroxyl groups is 1. The van der Waals surface area contributed by atoms with E-state index in [4.69, 9.17) is 5.73 Å². The number of nitrogens with two attached hydrogens (primary N) is 1. The maximum atomic E-state index is 9.80. The van der Waals surface area contributed by atoms with Crippen molar-refractivity contribution in [1.82, 2.24) is 5.32 Å². The summed E-state index contributed by atoms with van der Waals surface area (Å²) in [6.45, 7) is 4.40. The summed E-state index contributed by atoms with van der Waals surface area (Å²) in [4.78, 5) is 0. The molecule has 0 spiro atoms. The van der Waals surface area contributed by atoms with Gasteiger partial charge in [0, 0.05) is 6.04 Å². The quantitative estimate of drug-likeness (QED) is 0.741. The lowest BCUT2D eigenvalue weighted by molar-refractivity contribution is 0.0413. The van der Waals surface area contributed by atoms with Gasteiger partial charge in [-0.1, -0.05) is 13.0 Å². The Morgan fingerprint density at radius 2 is 2.12 bits per heavy atom. The number of rotatable bonds is 4. The molecule has 0 unspecified atom stereocenters. The Morgan fingerprint density at radius 3 is 2.96 bits per heavy atom. The molecule has 0 amide bonds. The highest BCUT2D eigenvalue weighted by Crippen LogP contribution is 2.60. The molecule has 0 radical (unpaired) electrons. The van der Waals surface area contributed by atoms with Crippen molar-refractivity contribution in [3.63, 3.8) is 0 Å². The Hall–Kier alpha value is -1.06. The molecule has 3 heteroatoms. The molecule has 24 heavy (non-hydrogen) atoms. The second kappa shape index (κ2) is 6.34. The molecule has 0 saturated heterocycles. The van der Waals surface area contributed by atoms with Crippen LogP contribution in [-0.4, -0.2) is 24.2 Å². The SMILES string of the molecule is C[C@]12CC[C@@H]3c4ccc(O)cc4CC[C@H]3[C@@H]1CC[C@@H]2NCCCN. The summed E-state index contributed by atoms with van der Waals surface area (Å²) < 4.78 is 0. The number of hydrogen-bond acceptors (Lipinski definition) is 3. The van der Waals surface area contributed by atoms with Gasteiger partial charge in [0.2, 0.25) is 0 Å². The maximum absolute atomic E-state index is 9.80. The molecule has 3 aliphatic carbocycles. The van der Waals surface area contributed by atoms with Crippen molar-refractivity contribution in [2.75, 3.05) is 13.1 Å². The average Bonchev–Trinajstić information content (AvgIpc) is 2.91. The summed E-state index contributed by atoms with van der Waals surface area (Å²) in [5.41, 5.74) is 9.06. The third-order valence-electron chi connectivity index (χ3n) is 7.48. The van der Waals surface area contributed by atoms with Crippen LogP contribution in [-0.2, 0) is 6.42 Å². The van der Waals surface area contributed by atoms with Crippen molar-refractivity contribution < 1.29 is 5.11 Å². The lowest BCUT2D eigenvalue weighted by Gasteiger charge is -2.51. The number of fused-ring (bicyclic) bond motifs is 5. The second-order valence-corrected chi connectivity index (χ2v) is 8.57. The molecule has 2 fully saturated rings. The molecule has 0 aromatic heterocycles. The first-order valence-corrected chi connectivity index (χ1v) is 9.88. The summed E-state index contributed by atoms with van der Waals surface area (Å²) in [6, 6.07) is 6.78. The van der Waals surface area contributed by atoms with Crippen LogP contribution in [0.25, 0.3) is 0 Å². The highest BCUT2D eigenvalue weighted by Gasteiger charge is 2.54. The van der Waals surface area contributed by atoms with Crippen LogP contribution in [0.15, 0.2) is 18.2 Å². The molecule has 132 valence electrons. The molecule has 1 aromatic rings. The molecular weight excluding hydrogens is 296 g/mol. The first kappa shape index (κ1) is 16.4. The van der Waals surface area contributed by atoms with Crippen molar-refractivity contribution in [2.45, 2.75) is 63.8 Å². The van der Waals surface area contributed by atoms with Gasteiger partial charge in [0.15, 0.2) is 0 Å². The van der Waals surface area contributed by atoms with Crippen LogP contribution >= 0.6 is 0 Å². The van der Waals surface area contributed by atoms with E-state index in [9.17, 15) is 5.11 Å². The van der Waals surface area contributed by atoms with Crippen molar-refractivity contribution >= 4 is 0 Å². The van der Waals surface area contributed by atoms with E-state index in [1.807, 2.05) is 12.1 Å². The van der Waals surface area contributed by atoms with E-state index < -0.39 is 0 Å². The standard InChI is InChI=1S/C21H32N2O/c1-21-10-9-17-16-6-4-15(24)13-14(16)3-5-18(17)19(21)7-8-20(21)23-12-2-11-22/h4,6,13,17-20,23-24H,2-3,5,7-12,22H2,1H3/t17-,18-,19+,20+,21+/m1/s1. The third kappa shape index (κ3) is 2.57. The van der Waals surface area contributed by atoms with Gasteiger partial charge in [0.05, 0.1) is 0 Å². The van der Waals surface area contributed by atoms with Gasteiger partial charge in [0.25, 0.3) is 0 Å². The van der Waals surface area contributed by atoms with Gasteiger partial charge in [-0.15, -0.1) is 0 Å². The van der Waals surface area contributed by atoms with E-state index >= 15 is 0 Å².